The van der Waals surface area contributed by atoms with E-state index in [1.165, 1.54) is 0 Å². The van der Waals surface area contributed by atoms with Gasteiger partial charge in [0, 0.05) is 73.2 Å². The molecule has 0 saturated carbocycles. The van der Waals surface area contributed by atoms with Gasteiger partial charge in [-0.3, -0.25) is 9.48 Å². The van der Waals surface area contributed by atoms with Gasteiger partial charge in [-0.2, -0.15) is 10.4 Å². The number of hydrogen-bond donors (Lipinski definition) is 1. The van der Waals surface area contributed by atoms with Crippen molar-refractivity contribution < 1.29 is 9.53 Å². The molecule has 5 aromatic heterocycles. The van der Waals surface area contributed by atoms with Crippen LogP contribution in [0.1, 0.15) is 22.3 Å². The Hall–Kier alpha value is -5.44. The van der Waals surface area contributed by atoms with E-state index in [1.807, 2.05) is 48.7 Å². The number of piperazine rings is 1. The second-order valence-electron chi connectivity index (χ2n) is 10.4. The maximum absolute atomic E-state index is 13.1. The average molecular weight is 547 g/mol. The van der Waals surface area contributed by atoms with Gasteiger partial charge in [0.2, 0.25) is 5.88 Å². The number of nitriles is 1. The fourth-order valence-electron chi connectivity index (χ4n) is 5.89. The van der Waals surface area contributed by atoms with E-state index >= 15 is 0 Å². The third-order valence-electron chi connectivity index (χ3n) is 7.91. The van der Waals surface area contributed by atoms with E-state index < -0.39 is 0 Å². The van der Waals surface area contributed by atoms with Crippen LogP contribution in [-0.4, -0.2) is 72.5 Å². The monoisotopic (exact) mass is 546 g/mol. The van der Waals surface area contributed by atoms with Gasteiger partial charge in [-0.05, 0) is 30.7 Å². The van der Waals surface area contributed by atoms with Gasteiger partial charge < -0.3 is 20.3 Å². The Morgan fingerprint density at radius 1 is 1.05 bits per heavy atom. The first kappa shape index (κ1) is 24.6. The van der Waals surface area contributed by atoms with Crippen molar-refractivity contribution in [3.8, 4) is 34.2 Å². The zero-order valence-corrected chi connectivity index (χ0v) is 22.5. The molecule has 2 atom stereocenters. The lowest BCUT2D eigenvalue weighted by atomic mass is 9.86. The summed E-state index contributed by atoms with van der Waals surface area (Å²) < 4.78 is 8.50. The van der Waals surface area contributed by atoms with Crippen LogP contribution in [0, 0.1) is 11.3 Å². The van der Waals surface area contributed by atoms with Gasteiger partial charge in [0.15, 0.2) is 5.82 Å². The number of nitrogens with two attached hydrogens (primary N) is 1. The molecule has 0 spiro atoms. The minimum atomic E-state index is -0.00440. The zero-order chi connectivity index (χ0) is 28.2. The molecule has 12 heteroatoms. The molecule has 2 bridgehead atoms. The van der Waals surface area contributed by atoms with Crippen molar-refractivity contribution in [3.05, 3.63) is 72.4 Å². The molecule has 0 aromatic carbocycles. The van der Waals surface area contributed by atoms with Gasteiger partial charge >= 0.3 is 0 Å². The minimum Gasteiger partial charge on any atom is -0.481 e. The van der Waals surface area contributed by atoms with E-state index in [0.29, 0.717) is 35.6 Å². The summed E-state index contributed by atoms with van der Waals surface area (Å²) in [7, 11) is 3.41. The summed E-state index contributed by atoms with van der Waals surface area (Å²) >= 11 is 0. The summed E-state index contributed by atoms with van der Waals surface area (Å²) in [6, 6.07) is 11.9. The van der Waals surface area contributed by atoms with Gasteiger partial charge in [0.05, 0.1) is 36.5 Å². The Morgan fingerprint density at radius 3 is 2.51 bits per heavy atom. The Morgan fingerprint density at radius 2 is 1.88 bits per heavy atom. The Kier molecular flexibility index (Phi) is 5.60. The molecule has 5 aromatic rings. The number of fused-ring (bicyclic) bond motifs is 3. The average Bonchev–Trinajstić information content (AvgIpc) is 3.58. The summed E-state index contributed by atoms with van der Waals surface area (Å²) in [5.41, 5.74) is 11.1. The Labute approximate surface area is 235 Å². The molecular formula is C29H26N10O2. The number of carbonyl (C=O) groups is 1. The number of aryl methyl sites for hydroxylation is 1. The fraction of sp³-hybridized carbons (Fsp3) is 0.241. The van der Waals surface area contributed by atoms with Crippen molar-refractivity contribution in [3.63, 3.8) is 0 Å². The highest BCUT2D eigenvalue weighted by molar-refractivity contribution is 5.95. The Balaban J connectivity index is 1.15. The molecule has 12 nitrogen and oxygen atoms in total. The van der Waals surface area contributed by atoms with Crippen LogP contribution in [0.2, 0.25) is 0 Å². The van der Waals surface area contributed by atoms with Crippen LogP contribution >= 0.6 is 0 Å². The van der Waals surface area contributed by atoms with Crippen LogP contribution in [0.4, 0.5) is 11.6 Å². The number of aromatic nitrogens is 6. The smallest absolute Gasteiger partial charge is 0.256 e. The maximum Gasteiger partial charge on any atom is 0.256 e. The van der Waals surface area contributed by atoms with E-state index in [1.54, 1.807) is 40.8 Å². The highest BCUT2D eigenvalue weighted by Gasteiger charge is 2.47. The number of pyridine rings is 3. The third-order valence-corrected chi connectivity index (χ3v) is 7.91. The highest BCUT2D eigenvalue weighted by Crippen LogP contribution is 2.37. The van der Waals surface area contributed by atoms with Crippen LogP contribution in [0.3, 0.4) is 0 Å². The van der Waals surface area contributed by atoms with E-state index in [9.17, 15) is 10.1 Å². The van der Waals surface area contributed by atoms with E-state index in [4.69, 9.17) is 15.5 Å². The number of amides is 1. The number of nitrogen functional groups attached to an aromatic ring is 1. The summed E-state index contributed by atoms with van der Waals surface area (Å²) in [5.74, 6) is 1.50. The third kappa shape index (κ3) is 4.01. The molecular weight excluding hydrogens is 520 g/mol. The summed E-state index contributed by atoms with van der Waals surface area (Å²) in [5, 5.41) is 18.5. The number of nitrogens with zero attached hydrogens (tertiary/aromatic N) is 9. The van der Waals surface area contributed by atoms with Gasteiger partial charge in [-0.1, -0.05) is 0 Å². The first-order chi connectivity index (χ1) is 19.9. The summed E-state index contributed by atoms with van der Waals surface area (Å²) in [4.78, 5) is 26.3. The molecule has 3 aliphatic heterocycles. The highest BCUT2D eigenvalue weighted by atomic mass is 16.5. The van der Waals surface area contributed by atoms with Crippen LogP contribution < -0.4 is 15.4 Å². The number of carbonyl (C=O) groups excluding carboxylic acids is 1. The lowest BCUT2D eigenvalue weighted by Crippen LogP contribution is -2.70. The first-order valence-corrected chi connectivity index (χ1v) is 13.2. The van der Waals surface area contributed by atoms with Gasteiger partial charge in [-0.15, -0.1) is 5.10 Å². The van der Waals surface area contributed by atoms with Crippen molar-refractivity contribution in [2.75, 3.05) is 30.8 Å². The number of methoxy groups -OCH3 is 1. The van der Waals surface area contributed by atoms with E-state index in [2.05, 4.69) is 26.2 Å². The summed E-state index contributed by atoms with van der Waals surface area (Å²) in [6.45, 7) is 1.41. The van der Waals surface area contributed by atoms with Crippen LogP contribution in [0.5, 0.6) is 5.88 Å². The molecule has 8 rings (SSSR count). The van der Waals surface area contributed by atoms with Crippen molar-refractivity contribution in [1.82, 2.24) is 34.3 Å². The molecule has 41 heavy (non-hydrogen) atoms. The number of hydrogen-bond acceptors (Lipinski definition) is 9. The first-order valence-electron chi connectivity index (χ1n) is 13.2. The lowest BCUT2D eigenvalue weighted by molar-refractivity contribution is 0.00572. The number of anilines is 2. The van der Waals surface area contributed by atoms with Crippen molar-refractivity contribution in [2.45, 2.75) is 18.5 Å². The van der Waals surface area contributed by atoms with Crippen molar-refractivity contribution >= 4 is 23.1 Å². The molecule has 0 radical (unpaired) electrons. The van der Waals surface area contributed by atoms with Crippen molar-refractivity contribution in [2.24, 2.45) is 7.05 Å². The number of ether oxygens (including phenoxy) is 1. The van der Waals surface area contributed by atoms with E-state index in [-0.39, 0.29) is 23.8 Å². The SMILES string of the molecule is COc1ccc(C(=O)N2C3CC2CN(c2ccc(-c4cc(-c5cnn(C)c5)cn5nc(N)c(C#N)c45)cn2)C3)cn1. The fourth-order valence-corrected chi connectivity index (χ4v) is 5.89. The van der Waals surface area contributed by atoms with Gasteiger partial charge in [0.1, 0.15) is 17.5 Å². The minimum absolute atomic E-state index is 0.00440. The molecule has 8 heterocycles. The molecule has 3 saturated heterocycles. The second-order valence-corrected chi connectivity index (χ2v) is 10.4. The van der Waals surface area contributed by atoms with Gasteiger partial charge in [0.25, 0.3) is 5.91 Å². The maximum atomic E-state index is 13.1. The largest absolute Gasteiger partial charge is 0.481 e. The van der Waals surface area contributed by atoms with Gasteiger partial charge in [-0.25, -0.2) is 14.5 Å². The van der Waals surface area contributed by atoms with Crippen molar-refractivity contribution in [1.29, 1.82) is 5.26 Å². The lowest BCUT2D eigenvalue weighted by Gasteiger charge is -2.56. The summed E-state index contributed by atoms with van der Waals surface area (Å²) in [6.07, 6.45) is 9.91. The zero-order valence-electron chi connectivity index (χ0n) is 22.5. The predicted molar refractivity (Wildman–Crippen MR) is 151 cm³/mol. The molecule has 1 amide bonds. The number of rotatable bonds is 5. The normalized spacial score (nSPS) is 17.8. The number of piperidine rings is 1. The molecule has 204 valence electrons. The van der Waals surface area contributed by atoms with Crippen LogP contribution in [-0.2, 0) is 7.05 Å². The standard InChI is InChI=1S/C29H26N10O2/c1-36-13-20(12-34-36)19-7-23(27-24(9-30)28(31)35-38(27)14-19)17-3-5-25(32-10-17)37-15-21-8-22(16-37)39(21)29(40)18-4-6-26(41-2)33-11-18/h3-7,10-14,21-22H,8,15-16H2,1-2H3,(H2,31,35). The molecule has 2 unspecified atom stereocenters. The second kappa shape index (κ2) is 9.34. The molecule has 2 N–H and O–H groups in total. The van der Waals surface area contributed by atoms with Crippen LogP contribution in [0.15, 0.2) is 61.3 Å². The molecule has 0 aliphatic carbocycles. The van der Waals surface area contributed by atoms with E-state index in [0.717, 1.165) is 34.5 Å². The Bertz CT molecular complexity index is 1820. The molecule has 3 fully saturated rings. The topological polar surface area (TPSA) is 143 Å². The molecule has 3 aliphatic rings. The quantitative estimate of drug-likeness (QED) is 0.352. The predicted octanol–water partition coefficient (Wildman–Crippen LogP) is 2.76. The van der Waals surface area contributed by atoms with Crippen LogP contribution in [0.25, 0.3) is 27.8 Å².